The average Bonchev–Trinajstić information content (AvgIpc) is 2.88. The number of thiazole rings is 1. The normalized spacial score (nSPS) is 10.8. The molecule has 0 saturated heterocycles. The van der Waals surface area contributed by atoms with Gasteiger partial charge >= 0.3 is 5.97 Å². The summed E-state index contributed by atoms with van der Waals surface area (Å²) in [5.74, 6) is 0.766. The Labute approximate surface area is 140 Å². The lowest BCUT2D eigenvalue weighted by Crippen LogP contribution is -2.06. The summed E-state index contributed by atoms with van der Waals surface area (Å²) in [5.41, 5.74) is 8.15. The minimum absolute atomic E-state index is 0.335. The van der Waals surface area contributed by atoms with E-state index in [0.717, 1.165) is 10.6 Å². The fraction of sp³-hybridized carbons (Fsp3) is 0.412. The maximum atomic E-state index is 11.9. The number of hydrogen-bond acceptors (Lipinski definition) is 6. The van der Waals surface area contributed by atoms with E-state index in [1.807, 2.05) is 18.2 Å². The van der Waals surface area contributed by atoms with Gasteiger partial charge in [-0.15, -0.1) is 11.3 Å². The molecule has 2 N–H and O–H groups in total. The summed E-state index contributed by atoms with van der Waals surface area (Å²) in [5, 5.41) is 0.743. The maximum absolute atomic E-state index is 11.9. The maximum Gasteiger partial charge on any atom is 0.350 e. The Hall–Kier alpha value is -2.08. The molecule has 1 aromatic heterocycles. The molecule has 5 nitrogen and oxygen atoms in total. The number of rotatable bonds is 6. The van der Waals surface area contributed by atoms with Gasteiger partial charge in [0.25, 0.3) is 0 Å². The summed E-state index contributed by atoms with van der Waals surface area (Å²) >= 11 is 1.31. The van der Waals surface area contributed by atoms with Crippen LogP contribution in [0.2, 0.25) is 0 Å². The molecule has 2 rings (SSSR count). The van der Waals surface area contributed by atoms with Gasteiger partial charge in [-0.1, -0.05) is 13.8 Å². The van der Waals surface area contributed by atoms with Gasteiger partial charge in [-0.25, -0.2) is 9.78 Å². The molecule has 0 spiro atoms. The van der Waals surface area contributed by atoms with Crippen LogP contribution in [0.3, 0.4) is 0 Å². The molecule has 2 aromatic rings. The van der Waals surface area contributed by atoms with Crippen molar-refractivity contribution < 1.29 is 14.3 Å². The van der Waals surface area contributed by atoms with Crippen molar-refractivity contribution in [2.24, 2.45) is 5.92 Å². The van der Waals surface area contributed by atoms with Gasteiger partial charge in [0.15, 0.2) is 0 Å². The Bertz CT molecular complexity index is 695. The Kier molecular flexibility index (Phi) is 5.60. The second-order valence-electron chi connectivity index (χ2n) is 5.61. The van der Waals surface area contributed by atoms with Crippen LogP contribution in [0, 0.1) is 12.8 Å². The molecule has 0 aliphatic carbocycles. The van der Waals surface area contributed by atoms with Gasteiger partial charge in [0.2, 0.25) is 0 Å². The number of nitrogen functional groups attached to an aromatic ring is 1. The molecule has 0 amide bonds. The zero-order valence-electron chi connectivity index (χ0n) is 13.9. The molecule has 0 fully saturated rings. The van der Waals surface area contributed by atoms with Crippen molar-refractivity contribution >= 4 is 23.0 Å². The molecule has 0 atom stereocenters. The molecular formula is C17H22N2O3S. The van der Waals surface area contributed by atoms with E-state index in [1.165, 1.54) is 11.3 Å². The highest BCUT2D eigenvalue weighted by atomic mass is 32.1. The third kappa shape index (κ3) is 4.22. The summed E-state index contributed by atoms with van der Waals surface area (Å²) < 4.78 is 10.7. The zero-order chi connectivity index (χ0) is 17.0. The van der Waals surface area contributed by atoms with E-state index in [1.54, 1.807) is 13.8 Å². The first-order chi connectivity index (χ1) is 10.9. The number of anilines is 1. The lowest BCUT2D eigenvalue weighted by Gasteiger charge is -2.11. The van der Waals surface area contributed by atoms with Crippen molar-refractivity contribution in [3.8, 4) is 16.3 Å². The third-order valence-corrected chi connectivity index (χ3v) is 4.27. The molecule has 0 aliphatic heterocycles. The highest BCUT2D eigenvalue weighted by Gasteiger charge is 2.17. The topological polar surface area (TPSA) is 74.4 Å². The van der Waals surface area contributed by atoms with Crippen molar-refractivity contribution in [3.05, 3.63) is 28.8 Å². The van der Waals surface area contributed by atoms with E-state index in [9.17, 15) is 4.79 Å². The van der Waals surface area contributed by atoms with Crippen molar-refractivity contribution in [2.45, 2.75) is 27.7 Å². The van der Waals surface area contributed by atoms with Crippen LogP contribution in [0.1, 0.15) is 36.1 Å². The first-order valence-corrected chi connectivity index (χ1v) is 8.41. The van der Waals surface area contributed by atoms with Crippen LogP contribution >= 0.6 is 11.3 Å². The molecule has 0 unspecified atom stereocenters. The van der Waals surface area contributed by atoms with E-state index in [4.69, 9.17) is 15.2 Å². The number of aryl methyl sites for hydroxylation is 1. The van der Waals surface area contributed by atoms with Gasteiger partial charge in [0.1, 0.15) is 15.6 Å². The van der Waals surface area contributed by atoms with Gasteiger partial charge in [-0.05, 0) is 38.0 Å². The minimum atomic E-state index is -0.335. The summed E-state index contributed by atoms with van der Waals surface area (Å²) in [4.78, 5) is 16.9. The SMILES string of the molecule is CCOC(=O)c1sc(-c2ccc(OCC(C)C)c(N)c2)nc1C. The van der Waals surface area contributed by atoms with E-state index >= 15 is 0 Å². The predicted molar refractivity (Wildman–Crippen MR) is 93.0 cm³/mol. The number of ether oxygens (including phenoxy) is 2. The number of nitrogens with zero attached hydrogens (tertiary/aromatic N) is 1. The van der Waals surface area contributed by atoms with Gasteiger partial charge < -0.3 is 15.2 Å². The number of nitrogens with two attached hydrogens (primary N) is 1. The lowest BCUT2D eigenvalue weighted by atomic mass is 10.2. The fourth-order valence-corrected chi connectivity index (χ4v) is 2.93. The standard InChI is InChI=1S/C17H22N2O3S/c1-5-21-17(20)15-11(4)19-16(23-15)12-6-7-14(13(18)8-12)22-9-10(2)3/h6-8,10H,5,9,18H2,1-4H3. The van der Waals surface area contributed by atoms with E-state index in [-0.39, 0.29) is 5.97 Å². The van der Waals surface area contributed by atoms with Crippen LogP contribution in [0.15, 0.2) is 18.2 Å². The molecule has 6 heteroatoms. The first-order valence-electron chi connectivity index (χ1n) is 7.59. The number of carbonyl (C=O) groups is 1. The Morgan fingerprint density at radius 2 is 2.13 bits per heavy atom. The number of esters is 1. The highest BCUT2D eigenvalue weighted by Crippen LogP contribution is 2.33. The smallest absolute Gasteiger partial charge is 0.350 e. The van der Waals surface area contributed by atoms with Crippen LogP contribution in [0.4, 0.5) is 5.69 Å². The predicted octanol–water partition coefficient (Wildman–Crippen LogP) is 3.91. The number of hydrogen-bond donors (Lipinski definition) is 1. The Morgan fingerprint density at radius 1 is 1.39 bits per heavy atom. The van der Waals surface area contributed by atoms with Crippen molar-refractivity contribution in [1.29, 1.82) is 0 Å². The molecule has 0 bridgehead atoms. The highest BCUT2D eigenvalue weighted by molar-refractivity contribution is 7.17. The second-order valence-corrected chi connectivity index (χ2v) is 6.61. The van der Waals surface area contributed by atoms with Crippen molar-refractivity contribution in [3.63, 3.8) is 0 Å². The first kappa shape index (κ1) is 17.3. The van der Waals surface area contributed by atoms with Crippen LogP contribution in [-0.2, 0) is 4.74 Å². The molecule has 0 radical (unpaired) electrons. The van der Waals surface area contributed by atoms with Crippen molar-refractivity contribution in [2.75, 3.05) is 18.9 Å². The van der Waals surface area contributed by atoms with Crippen LogP contribution < -0.4 is 10.5 Å². The van der Waals surface area contributed by atoms with Gasteiger partial charge in [0, 0.05) is 5.56 Å². The number of aromatic nitrogens is 1. The van der Waals surface area contributed by atoms with Gasteiger partial charge in [0.05, 0.1) is 24.6 Å². The molecular weight excluding hydrogens is 312 g/mol. The zero-order valence-corrected chi connectivity index (χ0v) is 14.7. The summed E-state index contributed by atoms with van der Waals surface area (Å²) in [6.07, 6.45) is 0. The monoisotopic (exact) mass is 334 g/mol. The fourth-order valence-electron chi connectivity index (χ4n) is 1.98. The number of benzene rings is 1. The van der Waals surface area contributed by atoms with E-state index < -0.39 is 0 Å². The molecule has 23 heavy (non-hydrogen) atoms. The molecule has 0 saturated carbocycles. The van der Waals surface area contributed by atoms with Gasteiger partial charge in [-0.2, -0.15) is 0 Å². The second kappa shape index (κ2) is 7.46. The Morgan fingerprint density at radius 3 is 2.74 bits per heavy atom. The quantitative estimate of drug-likeness (QED) is 0.640. The number of carbonyl (C=O) groups excluding carboxylic acids is 1. The lowest BCUT2D eigenvalue weighted by molar-refractivity contribution is 0.0531. The summed E-state index contributed by atoms with van der Waals surface area (Å²) in [6, 6.07) is 5.57. The molecule has 1 aromatic carbocycles. The molecule has 0 aliphatic rings. The van der Waals surface area contributed by atoms with Crippen LogP contribution in [0.25, 0.3) is 10.6 Å². The van der Waals surface area contributed by atoms with Crippen molar-refractivity contribution in [1.82, 2.24) is 4.98 Å². The van der Waals surface area contributed by atoms with Gasteiger partial charge in [-0.3, -0.25) is 0 Å². The molecule has 1 heterocycles. The third-order valence-electron chi connectivity index (χ3n) is 3.09. The average molecular weight is 334 g/mol. The minimum Gasteiger partial charge on any atom is -0.491 e. The van der Waals surface area contributed by atoms with Crippen LogP contribution in [0.5, 0.6) is 5.75 Å². The molecule has 124 valence electrons. The summed E-state index contributed by atoms with van der Waals surface area (Å²) in [6.45, 7) is 8.72. The van der Waals surface area contributed by atoms with E-state index in [0.29, 0.717) is 41.1 Å². The van der Waals surface area contributed by atoms with E-state index in [2.05, 4.69) is 18.8 Å². The summed E-state index contributed by atoms with van der Waals surface area (Å²) in [7, 11) is 0. The van der Waals surface area contributed by atoms with Crippen LogP contribution in [-0.4, -0.2) is 24.2 Å². The largest absolute Gasteiger partial charge is 0.491 e. The Balaban J connectivity index is 2.24.